The highest BCUT2D eigenvalue weighted by Gasteiger charge is 2.41. The molecule has 3 atom stereocenters. The monoisotopic (exact) mass is 521 g/mol. The number of carbonyl (C=O) groups is 2. The van der Waals surface area contributed by atoms with E-state index in [-0.39, 0.29) is 28.2 Å². The van der Waals surface area contributed by atoms with Gasteiger partial charge in [-0.3, -0.25) is 9.36 Å². The maximum absolute atomic E-state index is 15.9. The first-order valence-electron chi connectivity index (χ1n) is 10.9. The summed E-state index contributed by atoms with van der Waals surface area (Å²) in [5.74, 6) is -3.76. The number of carbonyl (C=O) groups excluding carboxylic acids is 1. The van der Waals surface area contributed by atoms with E-state index in [0.29, 0.717) is 23.3 Å². The molecular weight excluding hydrogens is 496 g/mol. The number of thiophene rings is 1. The first-order valence-corrected chi connectivity index (χ1v) is 13.4. The predicted octanol–water partition coefficient (Wildman–Crippen LogP) is 5.40. The third kappa shape index (κ3) is 5.73. The molecule has 3 aromatic rings. The van der Waals surface area contributed by atoms with Crippen molar-refractivity contribution in [2.75, 3.05) is 19.8 Å². The minimum Gasteiger partial charge on any atom is -0.477 e. The third-order valence-electron chi connectivity index (χ3n) is 5.50. The van der Waals surface area contributed by atoms with Crippen LogP contribution < -0.4 is 9.61 Å². The Morgan fingerprint density at radius 3 is 2.57 bits per heavy atom. The van der Waals surface area contributed by atoms with Crippen molar-refractivity contribution in [2.45, 2.75) is 25.8 Å². The number of benzene rings is 2. The van der Waals surface area contributed by atoms with Gasteiger partial charge in [-0.15, -0.1) is 11.3 Å². The highest BCUT2D eigenvalue weighted by molar-refractivity contribution is 7.57. The fourth-order valence-electron chi connectivity index (χ4n) is 3.51. The number of halogens is 1. The highest BCUT2D eigenvalue weighted by Crippen LogP contribution is 2.58. The van der Waals surface area contributed by atoms with Crippen molar-refractivity contribution < 1.29 is 37.6 Å². The quantitative estimate of drug-likeness (QED) is 0.270. The van der Waals surface area contributed by atoms with Crippen LogP contribution in [-0.2, 0) is 18.8 Å². The molecule has 1 aromatic heterocycles. The minimum atomic E-state index is -4.37. The van der Waals surface area contributed by atoms with Crippen LogP contribution in [0.3, 0.4) is 0 Å². The van der Waals surface area contributed by atoms with Crippen LogP contribution in [0.4, 0.5) is 4.39 Å². The van der Waals surface area contributed by atoms with Crippen molar-refractivity contribution in [2.24, 2.45) is 5.41 Å². The van der Waals surface area contributed by atoms with Crippen LogP contribution in [0.15, 0.2) is 54.6 Å². The molecule has 1 aliphatic rings. The number of esters is 1. The Kier molecular flexibility index (Phi) is 7.28. The molecule has 1 saturated heterocycles. The average molecular weight is 522 g/mol. The summed E-state index contributed by atoms with van der Waals surface area (Å²) in [6, 6.07) is 12.8. The largest absolute Gasteiger partial charge is 0.477 e. The summed E-state index contributed by atoms with van der Waals surface area (Å²) in [4.78, 5) is 24.0. The number of carboxylic acids is 1. The zero-order valence-corrected chi connectivity index (χ0v) is 20.8. The number of para-hydroxylation sites is 1. The minimum absolute atomic E-state index is 0.0266. The van der Waals surface area contributed by atoms with E-state index < -0.39 is 31.4 Å². The van der Waals surface area contributed by atoms with Gasteiger partial charge >= 0.3 is 19.5 Å². The molecule has 1 fully saturated rings. The number of alkyl halides is 1. The van der Waals surface area contributed by atoms with Gasteiger partial charge in [0, 0.05) is 10.1 Å². The summed E-state index contributed by atoms with van der Waals surface area (Å²) in [7, 11) is -4.37. The number of aromatic carboxylic acids is 1. The fourth-order valence-corrected chi connectivity index (χ4v) is 6.31. The van der Waals surface area contributed by atoms with Crippen LogP contribution in [-0.4, -0.2) is 42.9 Å². The van der Waals surface area contributed by atoms with Gasteiger partial charge < -0.3 is 19.1 Å². The first kappa shape index (κ1) is 25.3. The standard InChI is InChI=1S/C24H25FNO7PS/c1-15(23(29)32-14-24(2)12-31-13-24)26-34(30,33-18-6-4-3-5-7-18)21(25)16-8-9-19-17(10-16)11-20(35-19)22(27)28/h3-11,15,21H,12-14H2,1-2H3,(H,26,30)(H,27,28)/t15-,21+,34?/m0/s1. The molecule has 0 aliphatic carbocycles. The second-order valence-electron chi connectivity index (χ2n) is 8.81. The van der Waals surface area contributed by atoms with E-state index in [9.17, 15) is 19.3 Å². The van der Waals surface area contributed by atoms with Crippen LogP contribution in [0.2, 0.25) is 0 Å². The zero-order chi connectivity index (χ0) is 25.2. The predicted molar refractivity (Wildman–Crippen MR) is 130 cm³/mol. The van der Waals surface area contributed by atoms with E-state index in [1.807, 2.05) is 6.92 Å². The summed E-state index contributed by atoms with van der Waals surface area (Å²) < 4.78 is 46.5. The van der Waals surface area contributed by atoms with Gasteiger partial charge in [-0.05, 0) is 48.2 Å². The Labute approximate surface area is 205 Å². The van der Waals surface area contributed by atoms with Crippen molar-refractivity contribution in [3.63, 3.8) is 0 Å². The molecule has 0 radical (unpaired) electrons. The SMILES string of the molecule is C[C@H](NP(=O)(Oc1ccccc1)[C@@H](F)c1ccc2sc(C(=O)O)cc2c1)C(=O)OCC1(C)COC1. The highest BCUT2D eigenvalue weighted by atomic mass is 32.1. The van der Waals surface area contributed by atoms with Crippen molar-refractivity contribution >= 4 is 40.9 Å². The van der Waals surface area contributed by atoms with Crippen LogP contribution in [0.25, 0.3) is 10.1 Å². The molecular formula is C24H25FNO7PS. The first-order chi connectivity index (χ1) is 16.6. The zero-order valence-electron chi connectivity index (χ0n) is 19.1. The summed E-state index contributed by atoms with van der Waals surface area (Å²) in [5, 5.41) is 12.3. The second-order valence-corrected chi connectivity index (χ2v) is 12.0. The molecule has 11 heteroatoms. The van der Waals surface area contributed by atoms with Crippen molar-refractivity contribution in [3.8, 4) is 5.75 Å². The van der Waals surface area contributed by atoms with E-state index in [1.54, 1.807) is 24.3 Å². The van der Waals surface area contributed by atoms with E-state index in [4.69, 9.17) is 14.0 Å². The molecule has 2 aromatic carbocycles. The summed E-state index contributed by atoms with van der Waals surface area (Å²) in [6.07, 6.45) is 0. The fraction of sp³-hybridized carbons (Fsp3) is 0.333. The third-order valence-corrected chi connectivity index (χ3v) is 8.73. The number of hydrogen-bond acceptors (Lipinski definition) is 7. The molecule has 0 spiro atoms. The molecule has 8 nitrogen and oxygen atoms in total. The maximum atomic E-state index is 15.9. The summed E-state index contributed by atoms with van der Waals surface area (Å²) in [6.45, 7) is 4.41. The van der Waals surface area contributed by atoms with Crippen molar-refractivity contribution in [1.29, 1.82) is 0 Å². The molecule has 1 unspecified atom stereocenters. The van der Waals surface area contributed by atoms with Gasteiger partial charge in [-0.25, -0.2) is 14.3 Å². The van der Waals surface area contributed by atoms with Gasteiger partial charge in [0.2, 0.25) is 5.91 Å². The lowest BCUT2D eigenvalue weighted by molar-refractivity contribution is -0.166. The number of rotatable bonds is 10. The van der Waals surface area contributed by atoms with Gasteiger partial charge in [-0.1, -0.05) is 31.2 Å². The van der Waals surface area contributed by atoms with E-state index in [0.717, 1.165) is 11.3 Å². The molecule has 2 heterocycles. The van der Waals surface area contributed by atoms with E-state index in [1.165, 1.54) is 37.3 Å². The molecule has 4 rings (SSSR count). The Balaban J connectivity index is 1.58. The Bertz CT molecular complexity index is 1280. The summed E-state index contributed by atoms with van der Waals surface area (Å²) >= 11 is 1.06. The molecule has 1 aliphatic heterocycles. The molecule has 0 amide bonds. The van der Waals surface area contributed by atoms with E-state index >= 15 is 4.39 Å². The van der Waals surface area contributed by atoms with E-state index in [2.05, 4.69) is 5.09 Å². The number of hydrogen-bond donors (Lipinski definition) is 2. The van der Waals surface area contributed by atoms with Gasteiger partial charge in [0.1, 0.15) is 23.3 Å². The van der Waals surface area contributed by atoms with Gasteiger partial charge in [0.05, 0.1) is 13.2 Å². The number of carboxylic acid groups (broad SMARTS) is 1. The maximum Gasteiger partial charge on any atom is 0.355 e. The summed E-state index contributed by atoms with van der Waals surface area (Å²) in [5.41, 5.74) is -0.244. The molecule has 35 heavy (non-hydrogen) atoms. The number of fused-ring (bicyclic) bond motifs is 1. The van der Waals surface area contributed by atoms with Gasteiger partial charge in [0.25, 0.3) is 0 Å². The molecule has 0 bridgehead atoms. The van der Waals surface area contributed by atoms with Crippen LogP contribution in [0.1, 0.15) is 35.0 Å². The average Bonchev–Trinajstić information content (AvgIpc) is 3.25. The Hall–Kier alpha value is -2.78. The van der Waals surface area contributed by atoms with Crippen LogP contribution in [0, 0.1) is 5.41 Å². The smallest absolute Gasteiger partial charge is 0.355 e. The Morgan fingerprint density at radius 1 is 1.23 bits per heavy atom. The number of nitrogens with one attached hydrogen (secondary N) is 1. The van der Waals surface area contributed by atoms with Crippen LogP contribution >= 0.6 is 18.9 Å². The second kappa shape index (κ2) is 10.1. The topological polar surface area (TPSA) is 111 Å². The molecule has 0 saturated carbocycles. The molecule has 2 N–H and O–H groups in total. The lowest BCUT2D eigenvalue weighted by Gasteiger charge is -2.37. The lowest BCUT2D eigenvalue weighted by Crippen LogP contribution is -2.45. The van der Waals surface area contributed by atoms with Gasteiger partial charge in [0.15, 0.2) is 0 Å². The van der Waals surface area contributed by atoms with Crippen molar-refractivity contribution in [3.05, 3.63) is 65.0 Å². The number of ether oxygens (including phenoxy) is 2. The van der Waals surface area contributed by atoms with Gasteiger partial charge in [-0.2, -0.15) is 0 Å². The van der Waals surface area contributed by atoms with Crippen LogP contribution in [0.5, 0.6) is 5.75 Å². The van der Waals surface area contributed by atoms with Crippen molar-refractivity contribution in [1.82, 2.24) is 5.09 Å². The lowest BCUT2D eigenvalue weighted by atomic mass is 9.90. The normalized spacial score (nSPS) is 18.1. The Morgan fingerprint density at radius 2 is 1.94 bits per heavy atom. The molecule has 186 valence electrons.